The van der Waals surface area contributed by atoms with E-state index in [1.807, 2.05) is 12.1 Å². The molecule has 0 unspecified atom stereocenters. The van der Waals surface area contributed by atoms with E-state index in [1.165, 1.54) is 17.0 Å². The van der Waals surface area contributed by atoms with E-state index in [2.05, 4.69) is 11.6 Å². The number of anilines is 1. The number of fused-ring (bicyclic) bond motifs is 1. The van der Waals surface area contributed by atoms with Gasteiger partial charge in [-0.3, -0.25) is 14.3 Å². The fourth-order valence-corrected chi connectivity index (χ4v) is 3.63. The summed E-state index contributed by atoms with van der Waals surface area (Å²) in [5.74, 6) is 0.361. The summed E-state index contributed by atoms with van der Waals surface area (Å²) in [4.78, 5) is 20.5. The normalized spacial score (nSPS) is 14.0. The van der Waals surface area contributed by atoms with Crippen LogP contribution in [0.25, 0.3) is 0 Å². The van der Waals surface area contributed by atoms with Crippen molar-refractivity contribution < 1.29 is 22.7 Å². The van der Waals surface area contributed by atoms with Crippen LogP contribution in [0.5, 0.6) is 11.8 Å². The van der Waals surface area contributed by atoms with Crippen LogP contribution in [0.4, 0.5) is 19.0 Å². The summed E-state index contributed by atoms with van der Waals surface area (Å²) >= 11 is 5.95. The molecule has 1 amide bonds. The van der Waals surface area contributed by atoms with Gasteiger partial charge in [-0.1, -0.05) is 36.4 Å². The second kappa shape index (κ2) is 8.47. The Balaban J connectivity index is 1.74. The highest BCUT2D eigenvalue weighted by molar-refractivity contribution is 6.30. The second-order valence-corrected chi connectivity index (χ2v) is 8.00. The molecule has 0 N–H and O–H groups in total. The van der Waals surface area contributed by atoms with Crippen LogP contribution < -0.4 is 9.64 Å². The van der Waals surface area contributed by atoms with Gasteiger partial charge in [-0.15, -0.1) is 0 Å². The first kappa shape index (κ1) is 22.7. The largest absolute Gasteiger partial charge is 0.425 e. The maximum atomic E-state index is 13.1. The standard InChI is InChI=1S/C23H20ClF3N4O2/c1-14-29(2)20-19(21(32)30(14)3)31(12-11-15-7-9-17(24)10-8-15)22(28-20)33-18-6-4-5-16(13-18)23(25,26)27/h4-10,13H,1,11-12H2,2-3H3. The maximum absolute atomic E-state index is 13.1. The van der Waals surface area contributed by atoms with Crippen molar-refractivity contribution in [2.75, 3.05) is 19.0 Å². The number of hydrogen-bond acceptors (Lipinski definition) is 4. The molecule has 0 atom stereocenters. The Labute approximate surface area is 193 Å². The van der Waals surface area contributed by atoms with E-state index in [0.29, 0.717) is 29.6 Å². The first-order valence-corrected chi connectivity index (χ1v) is 10.3. The third-order valence-corrected chi connectivity index (χ3v) is 5.67. The van der Waals surface area contributed by atoms with E-state index in [0.717, 1.165) is 17.7 Å². The highest BCUT2D eigenvalue weighted by atomic mass is 35.5. The van der Waals surface area contributed by atoms with Crippen molar-refractivity contribution in [3.05, 3.63) is 82.8 Å². The molecule has 2 heterocycles. The zero-order chi connectivity index (χ0) is 23.9. The summed E-state index contributed by atoms with van der Waals surface area (Å²) in [5.41, 5.74) is 0.384. The van der Waals surface area contributed by atoms with Crippen molar-refractivity contribution in [1.82, 2.24) is 14.5 Å². The summed E-state index contributed by atoms with van der Waals surface area (Å²) < 4.78 is 46.8. The molecular weight excluding hydrogens is 457 g/mol. The number of amides is 1. The fraction of sp³-hybridized carbons (Fsp3) is 0.217. The molecule has 3 aromatic rings. The van der Waals surface area contributed by atoms with Crippen LogP contribution in [0.3, 0.4) is 0 Å². The highest BCUT2D eigenvalue weighted by Crippen LogP contribution is 2.37. The Hall–Kier alpha value is -3.46. The number of nitrogens with zero attached hydrogens (tertiary/aromatic N) is 4. The molecule has 0 fully saturated rings. The van der Waals surface area contributed by atoms with Crippen LogP contribution in [0.2, 0.25) is 5.02 Å². The summed E-state index contributed by atoms with van der Waals surface area (Å²) in [6.07, 6.45) is -4.00. The first-order valence-electron chi connectivity index (χ1n) is 9.97. The summed E-state index contributed by atoms with van der Waals surface area (Å²) in [7, 11) is 3.29. The van der Waals surface area contributed by atoms with Gasteiger partial charge in [-0.05, 0) is 42.3 Å². The van der Waals surface area contributed by atoms with Crippen LogP contribution >= 0.6 is 11.6 Å². The van der Waals surface area contributed by atoms with Gasteiger partial charge < -0.3 is 9.64 Å². The SMILES string of the molecule is C=C1N(C)C(=O)c2c(nc(Oc3cccc(C(F)(F)F)c3)n2CCc2ccc(Cl)cc2)N1C. The van der Waals surface area contributed by atoms with Crippen LogP contribution in [0, 0.1) is 0 Å². The molecule has 4 rings (SSSR count). The molecule has 1 aromatic heterocycles. The first-order chi connectivity index (χ1) is 15.6. The average Bonchev–Trinajstić information content (AvgIpc) is 3.13. The van der Waals surface area contributed by atoms with Gasteiger partial charge >= 0.3 is 12.2 Å². The minimum absolute atomic E-state index is 0.0107. The predicted octanol–water partition coefficient (Wildman–Crippen LogP) is 5.58. The number of ether oxygens (including phenoxy) is 1. The molecular formula is C23H20ClF3N4O2. The molecule has 10 heteroatoms. The molecule has 2 aromatic carbocycles. The molecule has 0 saturated heterocycles. The van der Waals surface area contributed by atoms with Crippen LogP contribution in [-0.2, 0) is 19.1 Å². The number of carbonyl (C=O) groups is 1. The summed E-state index contributed by atoms with van der Waals surface area (Å²) in [6, 6.07) is 11.8. The Kier molecular flexibility index (Phi) is 5.84. The van der Waals surface area contributed by atoms with Crippen molar-refractivity contribution >= 4 is 23.3 Å². The van der Waals surface area contributed by atoms with Gasteiger partial charge in [-0.2, -0.15) is 18.2 Å². The number of aromatic nitrogens is 2. The average molecular weight is 477 g/mol. The van der Waals surface area contributed by atoms with E-state index in [1.54, 1.807) is 35.7 Å². The minimum atomic E-state index is -4.51. The maximum Gasteiger partial charge on any atom is 0.416 e. The van der Waals surface area contributed by atoms with Gasteiger partial charge in [0.2, 0.25) is 0 Å². The lowest BCUT2D eigenvalue weighted by atomic mass is 10.1. The van der Waals surface area contributed by atoms with Crippen LogP contribution in [0.1, 0.15) is 21.6 Å². The molecule has 172 valence electrons. The van der Waals surface area contributed by atoms with Gasteiger partial charge in [0.1, 0.15) is 11.6 Å². The third-order valence-electron chi connectivity index (χ3n) is 5.42. The molecule has 0 spiro atoms. The molecule has 6 nitrogen and oxygen atoms in total. The zero-order valence-corrected chi connectivity index (χ0v) is 18.6. The third kappa shape index (κ3) is 4.41. The number of rotatable bonds is 5. The van der Waals surface area contributed by atoms with Gasteiger partial charge in [0.05, 0.1) is 5.56 Å². The molecule has 0 radical (unpaired) electrons. The highest BCUT2D eigenvalue weighted by Gasteiger charge is 2.36. The predicted molar refractivity (Wildman–Crippen MR) is 119 cm³/mol. The van der Waals surface area contributed by atoms with Crippen molar-refractivity contribution in [1.29, 1.82) is 0 Å². The van der Waals surface area contributed by atoms with Crippen molar-refractivity contribution in [3.8, 4) is 11.8 Å². The Morgan fingerprint density at radius 2 is 1.79 bits per heavy atom. The van der Waals surface area contributed by atoms with E-state index in [-0.39, 0.29) is 23.4 Å². The number of alkyl halides is 3. The van der Waals surface area contributed by atoms with Crippen molar-refractivity contribution in [2.45, 2.75) is 19.1 Å². The number of carbonyl (C=O) groups excluding carboxylic acids is 1. The summed E-state index contributed by atoms with van der Waals surface area (Å²) in [5, 5.41) is 0.601. The quantitative estimate of drug-likeness (QED) is 0.482. The molecule has 0 saturated carbocycles. The number of hydrogen-bond donors (Lipinski definition) is 0. The molecule has 1 aliphatic rings. The Bertz CT molecular complexity index is 1220. The molecule has 33 heavy (non-hydrogen) atoms. The number of aryl methyl sites for hydroxylation is 1. The van der Waals surface area contributed by atoms with Gasteiger partial charge in [0.15, 0.2) is 11.5 Å². The molecule has 0 aliphatic carbocycles. The smallest absolute Gasteiger partial charge is 0.416 e. The number of benzene rings is 2. The van der Waals surface area contributed by atoms with Crippen LogP contribution in [0.15, 0.2) is 60.9 Å². The van der Waals surface area contributed by atoms with Gasteiger partial charge in [0.25, 0.3) is 5.91 Å². The Morgan fingerprint density at radius 1 is 1.09 bits per heavy atom. The number of halogens is 4. The number of imidazole rings is 1. The van der Waals surface area contributed by atoms with Crippen molar-refractivity contribution in [2.24, 2.45) is 0 Å². The Morgan fingerprint density at radius 3 is 2.45 bits per heavy atom. The van der Waals surface area contributed by atoms with Crippen LogP contribution in [-0.4, -0.2) is 34.5 Å². The summed E-state index contributed by atoms with van der Waals surface area (Å²) in [6.45, 7) is 4.20. The van der Waals surface area contributed by atoms with E-state index >= 15 is 0 Å². The minimum Gasteiger partial charge on any atom is -0.425 e. The van der Waals surface area contributed by atoms with E-state index in [4.69, 9.17) is 16.3 Å². The van der Waals surface area contributed by atoms with Crippen molar-refractivity contribution in [3.63, 3.8) is 0 Å². The van der Waals surface area contributed by atoms with Gasteiger partial charge in [-0.25, -0.2) is 0 Å². The second-order valence-electron chi connectivity index (χ2n) is 7.56. The lowest BCUT2D eigenvalue weighted by Gasteiger charge is -2.32. The lowest BCUT2D eigenvalue weighted by molar-refractivity contribution is -0.137. The zero-order valence-electron chi connectivity index (χ0n) is 17.9. The van der Waals surface area contributed by atoms with E-state index < -0.39 is 11.7 Å². The molecule has 1 aliphatic heterocycles. The van der Waals surface area contributed by atoms with Gasteiger partial charge in [0, 0.05) is 25.7 Å². The topological polar surface area (TPSA) is 50.6 Å². The van der Waals surface area contributed by atoms with E-state index in [9.17, 15) is 18.0 Å². The fourth-order valence-electron chi connectivity index (χ4n) is 3.51. The molecule has 0 bridgehead atoms. The lowest BCUT2D eigenvalue weighted by Crippen LogP contribution is -2.41. The monoisotopic (exact) mass is 476 g/mol.